The fourth-order valence-corrected chi connectivity index (χ4v) is 2.68. The van der Waals surface area contributed by atoms with E-state index in [1.54, 1.807) is 19.1 Å². The van der Waals surface area contributed by atoms with Gasteiger partial charge in [-0.05, 0) is 48.2 Å². The number of nitrogen functional groups attached to an aromatic ring is 1. The van der Waals surface area contributed by atoms with Crippen LogP contribution in [-0.2, 0) is 17.8 Å². The van der Waals surface area contributed by atoms with E-state index in [4.69, 9.17) is 15.2 Å². The summed E-state index contributed by atoms with van der Waals surface area (Å²) in [5, 5.41) is 0. The van der Waals surface area contributed by atoms with Crippen molar-refractivity contribution in [3.63, 3.8) is 0 Å². The van der Waals surface area contributed by atoms with Crippen molar-refractivity contribution in [2.24, 2.45) is 0 Å². The predicted octanol–water partition coefficient (Wildman–Crippen LogP) is 3.19. The van der Waals surface area contributed by atoms with Gasteiger partial charge in [0.2, 0.25) is 5.91 Å². The van der Waals surface area contributed by atoms with E-state index in [-0.39, 0.29) is 5.91 Å². The molecule has 0 spiro atoms. The van der Waals surface area contributed by atoms with Gasteiger partial charge in [-0.3, -0.25) is 4.79 Å². The van der Waals surface area contributed by atoms with E-state index in [1.807, 2.05) is 50.4 Å². The Morgan fingerprint density at radius 3 is 2.36 bits per heavy atom. The first-order chi connectivity index (χ1) is 11.9. The number of nitrogens with two attached hydrogens (primary N) is 1. The molecule has 0 aliphatic heterocycles. The predicted molar refractivity (Wildman–Crippen MR) is 99.9 cm³/mol. The van der Waals surface area contributed by atoms with E-state index >= 15 is 0 Å². The number of carbonyl (C=O) groups is 1. The molecule has 0 aliphatic rings. The summed E-state index contributed by atoms with van der Waals surface area (Å²) in [4.78, 5) is 14.1. The van der Waals surface area contributed by atoms with Crippen LogP contribution in [0.15, 0.2) is 36.4 Å². The molecule has 0 fully saturated rings. The third-order valence-corrected chi connectivity index (χ3v) is 4.26. The number of aryl methyl sites for hydroxylation is 2. The minimum atomic E-state index is 0.101. The normalized spacial score (nSPS) is 10.4. The Hall–Kier alpha value is -2.69. The lowest BCUT2D eigenvalue weighted by Gasteiger charge is -2.18. The molecule has 1 amide bonds. The van der Waals surface area contributed by atoms with Crippen LogP contribution in [0.25, 0.3) is 0 Å². The number of rotatable bonds is 7. The molecule has 2 aromatic carbocycles. The first kappa shape index (κ1) is 18.6. The molecule has 0 aromatic heterocycles. The maximum absolute atomic E-state index is 12.4. The number of carbonyl (C=O) groups excluding carboxylic acids is 1. The maximum Gasteiger partial charge on any atom is 0.222 e. The lowest BCUT2D eigenvalue weighted by Crippen LogP contribution is -2.26. The molecule has 2 N–H and O–H groups in total. The van der Waals surface area contributed by atoms with Gasteiger partial charge in [-0.15, -0.1) is 0 Å². The van der Waals surface area contributed by atoms with Crippen molar-refractivity contribution >= 4 is 11.6 Å². The second-order valence-electron chi connectivity index (χ2n) is 6.13. The van der Waals surface area contributed by atoms with Gasteiger partial charge in [0.15, 0.2) is 11.5 Å². The molecule has 2 rings (SSSR count). The molecule has 0 unspecified atom stereocenters. The van der Waals surface area contributed by atoms with E-state index in [2.05, 4.69) is 0 Å². The highest BCUT2D eigenvalue weighted by Crippen LogP contribution is 2.28. The monoisotopic (exact) mass is 342 g/mol. The number of amides is 1. The van der Waals surface area contributed by atoms with E-state index in [1.165, 1.54) is 0 Å². The maximum atomic E-state index is 12.4. The summed E-state index contributed by atoms with van der Waals surface area (Å²) in [6.45, 7) is 2.50. The van der Waals surface area contributed by atoms with Gasteiger partial charge in [-0.25, -0.2) is 0 Å². The number of nitrogens with zero attached hydrogens (tertiary/aromatic N) is 1. The molecule has 0 atom stereocenters. The zero-order chi connectivity index (χ0) is 18.4. The molecule has 25 heavy (non-hydrogen) atoms. The highest BCUT2D eigenvalue weighted by Gasteiger charge is 2.12. The summed E-state index contributed by atoms with van der Waals surface area (Å²) in [5.41, 5.74) is 9.77. The van der Waals surface area contributed by atoms with Crippen molar-refractivity contribution in [2.45, 2.75) is 26.3 Å². The average Bonchev–Trinajstić information content (AvgIpc) is 2.62. The molecule has 0 aliphatic carbocycles. The molecule has 2 aromatic rings. The van der Waals surface area contributed by atoms with E-state index in [0.717, 1.165) is 22.4 Å². The second kappa shape index (κ2) is 8.42. The van der Waals surface area contributed by atoms with Gasteiger partial charge in [-0.1, -0.05) is 18.2 Å². The molecular weight excluding hydrogens is 316 g/mol. The molecule has 5 heteroatoms. The number of hydrogen-bond donors (Lipinski definition) is 1. The van der Waals surface area contributed by atoms with Crippen LogP contribution < -0.4 is 15.2 Å². The van der Waals surface area contributed by atoms with E-state index in [9.17, 15) is 4.79 Å². The summed E-state index contributed by atoms with van der Waals surface area (Å²) in [6, 6.07) is 11.6. The van der Waals surface area contributed by atoms with Gasteiger partial charge >= 0.3 is 0 Å². The first-order valence-electron chi connectivity index (χ1n) is 8.24. The molecule has 134 valence electrons. The summed E-state index contributed by atoms with van der Waals surface area (Å²) < 4.78 is 10.5. The number of anilines is 1. The summed E-state index contributed by atoms with van der Waals surface area (Å²) >= 11 is 0. The van der Waals surface area contributed by atoms with Crippen molar-refractivity contribution in [2.75, 3.05) is 27.0 Å². The molecule has 0 heterocycles. The largest absolute Gasteiger partial charge is 0.493 e. The summed E-state index contributed by atoms with van der Waals surface area (Å²) in [7, 11) is 5.02. The van der Waals surface area contributed by atoms with Crippen molar-refractivity contribution < 1.29 is 14.3 Å². The quantitative estimate of drug-likeness (QED) is 0.785. The molecule has 0 bridgehead atoms. The Morgan fingerprint density at radius 2 is 1.72 bits per heavy atom. The average molecular weight is 342 g/mol. The smallest absolute Gasteiger partial charge is 0.222 e. The Kier molecular flexibility index (Phi) is 6.28. The lowest BCUT2D eigenvalue weighted by atomic mass is 10.1. The van der Waals surface area contributed by atoms with Gasteiger partial charge in [-0.2, -0.15) is 0 Å². The van der Waals surface area contributed by atoms with Gasteiger partial charge < -0.3 is 20.1 Å². The van der Waals surface area contributed by atoms with Gasteiger partial charge in [0.25, 0.3) is 0 Å². The standard InChI is InChI=1S/C20H26N2O3/c1-14-11-15(5-8-17(14)21)7-10-20(23)22(2)13-16-6-9-18(24-3)19(12-16)25-4/h5-6,8-9,11-12H,7,10,13,21H2,1-4H3. The minimum absolute atomic E-state index is 0.101. The third-order valence-electron chi connectivity index (χ3n) is 4.26. The SMILES string of the molecule is COc1ccc(CN(C)C(=O)CCc2ccc(N)c(C)c2)cc1OC. The zero-order valence-electron chi connectivity index (χ0n) is 15.3. The number of hydrogen-bond acceptors (Lipinski definition) is 4. The summed E-state index contributed by atoms with van der Waals surface area (Å²) in [5.74, 6) is 1.45. The van der Waals surface area contributed by atoms with Crippen LogP contribution in [0.5, 0.6) is 11.5 Å². The third kappa shape index (κ3) is 4.89. The van der Waals surface area contributed by atoms with E-state index in [0.29, 0.717) is 30.9 Å². The van der Waals surface area contributed by atoms with Crippen LogP contribution in [0.3, 0.4) is 0 Å². The van der Waals surface area contributed by atoms with Crippen LogP contribution in [-0.4, -0.2) is 32.1 Å². The lowest BCUT2D eigenvalue weighted by molar-refractivity contribution is -0.130. The highest BCUT2D eigenvalue weighted by molar-refractivity contribution is 5.76. The van der Waals surface area contributed by atoms with Gasteiger partial charge in [0, 0.05) is 25.7 Å². The molecule has 0 saturated carbocycles. The van der Waals surface area contributed by atoms with Crippen molar-refractivity contribution in [1.82, 2.24) is 4.90 Å². The number of ether oxygens (including phenoxy) is 2. The Labute approximate surface area is 149 Å². The fraction of sp³-hybridized carbons (Fsp3) is 0.350. The van der Waals surface area contributed by atoms with Crippen molar-refractivity contribution in [1.29, 1.82) is 0 Å². The minimum Gasteiger partial charge on any atom is -0.493 e. The summed E-state index contributed by atoms with van der Waals surface area (Å²) in [6.07, 6.45) is 1.17. The fourth-order valence-electron chi connectivity index (χ4n) is 2.68. The first-order valence-corrected chi connectivity index (χ1v) is 8.24. The Morgan fingerprint density at radius 1 is 1.04 bits per heavy atom. The van der Waals surface area contributed by atoms with Crippen LogP contribution in [0.1, 0.15) is 23.1 Å². The molecule has 0 saturated heterocycles. The van der Waals surface area contributed by atoms with Gasteiger partial charge in [0.05, 0.1) is 14.2 Å². The Balaban J connectivity index is 1.94. The second-order valence-corrected chi connectivity index (χ2v) is 6.13. The van der Waals surface area contributed by atoms with Gasteiger partial charge in [0.1, 0.15) is 0 Å². The Bertz CT molecular complexity index is 744. The molecular formula is C20H26N2O3. The van der Waals surface area contributed by atoms with Crippen LogP contribution >= 0.6 is 0 Å². The number of methoxy groups -OCH3 is 2. The van der Waals surface area contributed by atoms with Crippen molar-refractivity contribution in [3.8, 4) is 11.5 Å². The highest BCUT2D eigenvalue weighted by atomic mass is 16.5. The van der Waals surface area contributed by atoms with Crippen LogP contribution in [0.4, 0.5) is 5.69 Å². The van der Waals surface area contributed by atoms with Crippen LogP contribution in [0, 0.1) is 6.92 Å². The number of benzene rings is 2. The van der Waals surface area contributed by atoms with Crippen LogP contribution in [0.2, 0.25) is 0 Å². The van der Waals surface area contributed by atoms with Crippen molar-refractivity contribution in [3.05, 3.63) is 53.1 Å². The van der Waals surface area contributed by atoms with E-state index < -0.39 is 0 Å². The zero-order valence-corrected chi connectivity index (χ0v) is 15.3. The molecule has 0 radical (unpaired) electrons. The topological polar surface area (TPSA) is 64.8 Å². The molecule has 5 nitrogen and oxygen atoms in total.